The molecule has 0 unspecified atom stereocenters. The average Bonchev–Trinajstić information content (AvgIpc) is 2.87. The lowest BCUT2D eigenvalue weighted by Crippen LogP contribution is -1.91. The van der Waals surface area contributed by atoms with Gasteiger partial charge in [-0.2, -0.15) is 0 Å². The van der Waals surface area contributed by atoms with Crippen molar-refractivity contribution in [3.05, 3.63) is 125 Å². The molecule has 0 spiro atoms. The molecule has 0 saturated heterocycles. The smallest absolute Gasteiger partial charge is 0.00389 e. The van der Waals surface area contributed by atoms with Crippen LogP contribution in [0.15, 0.2) is 103 Å². The van der Waals surface area contributed by atoms with Gasteiger partial charge in [-0.05, 0) is 33.4 Å². The van der Waals surface area contributed by atoms with Crippen molar-refractivity contribution >= 4 is 17.7 Å². The van der Waals surface area contributed by atoms with Crippen LogP contribution in [0.1, 0.15) is 22.3 Å². The van der Waals surface area contributed by atoms with Gasteiger partial charge in [-0.15, -0.1) is 0 Å². The summed E-state index contributed by atoms with van der Waals surface area (Å²) in [6, 6.07) is 29.7. The van der Waals surface area contributed by atoms with Crippen LogP contribution < -0.4 is 0 Å². The first kappa shape index (κ1) is 14.5. The molecule has 0 atom stereocenters. The van der Waals surface area contributed by atoms with Crippen molar-refractivity contribution in [1.82, 2.24) is 0 Å². The second-order valence-electron chi connectivity index (χ2n) is 5.86. The predicted molar refractivity (Wildman–Crippen MR) is 103 cm³/mol. The molecule has 0 aromatic heterocycles. The molecule has 24 heavy (non-hydrogen) atoms. The van der Waals surface area contributed by atoms with Gasteiger partial charge in [0.15, 0.2) is 0 Å². The van der Waals surface area contributed by atoms with E-state index >= 15 is 0 Å². The maximum absolute atomic E-state index is 2.22. The molecule has 0 heteroatoms. The van der Waals surface area contributed by atoms with Crippen LogP contribution in [-0.2, 0) is 0 Å². The summed E-state index contributed by atoms with van der Waals surface area (Å²) in [5.74, 6) is 0. The van der Waals surface area contributed by atoms with Crippen LogP contribution in [0.3, 0.4) is 0 Å². The summed E-state index contributed by atoms with van der Waals surface area (Å²) in [6.45, 7) is 0. The molecule has 0 N–H and O–H groups in total. The van der Waals surface area contributed by atoms with E-state index < -0.39 is 0 Å². The van der Waals surface area contributed by atoms with E-state index in [2.05, 4.69) is 109 Å². The Morgan fingerprint density at radius 2 is 0.833 bits per heavy atom. The van der Waals surface area contributed by atoms with Gasteiger partial charge in [-0.1, -0.05) is 109 Å². The van der Waals surface area contributed by atoms with Gasteiger partial charge in [0.25, 0.3) is 0 Å². The summed E-state index contributed by atoms with van der Waals surface area (Å²) in [5.41, 5.74) is 7.46. The SMILES string of the molecule is C1=Cc2ccccc2C=CC1=C(c1ccccc1)c1ccccc1. The molecule has 0 heterocycles. The van der Waals surface area contributed by atoms with Crippen molar-refractivity contribution in [2.24, 2.45) is 0 Å². The molecule has 0 fully saturated rings. The summed E-state index contributed by atoms with van der Waals surface area (Å²) >= 11 is 0. The fourth-order valence-corrected chi connectivity index (χ4v) is 3.11. The molecule has 1 aliphatic rings. The van der Waals surface area contributed by atoms with Crippen LogP contribution in [0, 0.1) is 0 Å². The van der Waals surface area contributed by atoms with Crippen molar-refractivity contribution < 1.29 is 0 Å². The predicted octanol–water partition coefficient (Wildman–Crippen LogP) is 6.23. The molecule has 1 aliphatic carbocycles. The van der Waals surface area contributed by atoms with Gasteiger partial charge in [0.05, 0.1) is 0 Å². The fourth-order valence-electron chi connectivity index (χ4n) is 3.11. The molecule has 114 valence electrons. The Morgan fingerprint density at radius 1 is 0.417 bits per heavy atom. The van der Waals surface area contributed by atoms with Crippen LogP contribution in [0.5, 0.6) is 0 Å². The van der Waals surface area contributed by atoms with Crippen molar-refractivity contribution in [2.75, 3.05) is 0 Å². The maximum Gasteiger partial charge on any atom is -0.00389 e. The normalized spacial score (nSPS) is 12.6. The second kappa shape index (κ2) is 6.55. The molecule has 3 aromatic carbocycles. The highest BCUT2D eigenvalue weighted by molar-refractivity contribution is 5.88. The van der Waals surface area contributed by atoms with E-state index in [1.807, 2.05) is 0 Å². The summed E-state index contributed by atoms with van der Waals surface area (Å²) in [6.07, 6.45) is 8.85. The highest BCUT2D eigenvalue weighted by Gasteiger charge is 2.10. The molecule has 0 saturated carbocycles. The van der Waals surface area contributed by atoms with E-state index in [4.69, 9.17) is 0 Å². The van der Waals surface area contributed by atoms with Gasteiger partial charge in [0.2, 0.25) is 0 Å². The van der Waals surface area contributed by atoms with Crippen LogP contribution in [0.25, 0.3) is 17.7 Å². The van der Waals surface area contributed by atoms with E-state index in [1.54, 1.807) is 0 Å². The molecule has 0 radical (unpaired) electrons. The Hall–Kier alpha value is -3.12. The number of allylic oxidation sites excluding steroid dienone is 3. The second-order valence-corrected chi connectivity index (χ2v) is 5.86. The van der Waals surface area contributed by atoms with Gasteiger partial charge in [0, 0.05) is 0 Å². The third-order valence-corrected chi connectivity index (χ3v) is 4.29. The molecule has 4 rings (SSSR count). The van der Waals surface area contributed by atoms with Crippen LogP contribution in [-0.4, -0.2) is 0 Å². The van der Waals surface area contributed by atoms with Crippen molar-refractivity contribution in [1.29, 1.82) is 0 Å². The van der Waals surface area contributed by atoms with E-state index in [-0.39, 0.29) is 0 Å². The van der Waals surface area contributed by atoms with E-state index in [9.17, 15) is 0 Å². The Kier molecular flexibility index (Phi) is 3.95. The minimum Gasteiger partial charge on any atom is -0.0622 e. The van der Waals surface area contributed by atoms with Gasteiger partial charge >= 0.3 is 0 Å². The molecular formula is C24H18. The minimum absolute atomic E-state index is 1.23. The molecule has 3 aromatic rings. The van der Waals surface area contributed by atoms with Gasteiger partial charge < -0.3 is 0 Å². The monoisotopic (exact) mass is 306 g/mol. The van der Waals surface area contributed by atoms with Crippen LogP contribution in [0.4, 0.5) is 0 Å². The zero-order chi connectivity index (χ0) is 16.2. The standard InChI is InChI=1S/C24H18/c1-3-11-21(12-4-1)24(22-13-5-2-6-14-22)23-17-15-19-9-7-8-10-20(19)16-18-23/h1-18H. The minimum atomic E-state index is 1.23. The van der Waals surface area contributed by atoms with Crippen molar-refractivity contribution in [3.8, 4) is 0 Å². The lowest BCUT2D eigenvalue weighted by molar-refractivity contribution is 1.52. The Labute approximate surface area is 143 Å². The fraction of sp³-hybridized carbons (Fsp3) is 0. The molecule has 0 bridgehead atoms. The van der Waals surface area contributed by atoms with Gasteiger partial charge in [0.1, 0.15) is 0 Å². The Morgan fingerprint density at radius 3 is 1.29 bits per heavy atom. The van der Waals surface area contributed by atoms with Crippen LogP contribution in [0.2, 0.25) is 0 Å². The summed E-state index contributed by atoms with van der Waals surface area (Å²) in [4.78, 5) is 0. The third-order valence-electron chi connectivity index (χ3n) is 4.29. The number of benzene rings is 3. The largest absolute Gasteiger partial charge is 0.0622 e. The first-order chi connectivity index (χ1) is 11.9. The van der Waals surface area contributed by atoms with Gasteiger partial charge in [-0.25, -0.2) is 0 Å². The quantitative estimate of drug-likeness (QED) is 0.526. The number of hydrogen-bond acceptors (Lipinski definition) is 0. The van der Waals surface area contributed by atoms with E-state index in [1.165, 1.54) is 33.4 Å². The molecule has 0 amide bonds. The van der Waals surface area contributed by atoms with Gasteiger partial charge in [-0.3, -0.25) is 0 Å². The highest BCUT2D eigenvalue weighted by atomic mass is 14.1. The summed E-state index contributed by atoms with van der Waals surface area (Å²) in [5, 5.41) is 0. The van der Waals surface area contributed by atoms with Crippen molar-refractivity contribution in [3.63, 3.8) is 0 Å². The molecule has 0 nitrogen and oxygen atoms in total. The molecule has 0 aliphatic heterocycles. The zero-order valence-corrected chi connectivity index (χ0v) is 13.4. The van der Waals surface area contributed by atoms with Crippen LogP contribution >= 0.6 is 0 Å². The number of rotatable bonds is 2. The number of fused-ring (bicyclic) bond motifs is 1. The average molecular weight is 306 g/mol. The Bertz CT molecular complexity index is 850. The highest BCUT2D eigenvalue weighted by Crippen LogP contribution is 2.30. The summed E-state index contributed by atoms with van der Waals surface area (Å²) in [7, 11) is 0. The molecular weight excluding hydrogens is 288 g/mol. The zero-order valence-electron chi connectivity index (χ0n) is 13.4. The lowest BCUT2D eigenvalue weighted by Gasteiger charge is -2.11. The Balaban J connectivity index is 1.93. The van der Waals surface area contributed by atoms with Crippen molar-refractivity contribution in [2.45, 2.75) is 0 Å². The maximum atomic E-state index is 2.22. The lowest BCUT2D eigenvalue weighted by atomic mass is 9.92. The summed E-state index contributed by atoms with van der Waals surface area (Å²) < 4.78 is 0. The van der Waals surface area contributed by atoms with E-state index in [0.717, 1.165) is 0 Å². The number of hydrogen-bond donors (Lipinski definition) is 0. The third kappa shape index (κ3) is 2.87. The topological polar surface area (TPSA) is 0 Å². The first-order valence-electron chi connectivity index (χ1n) is 8.22. The first-order valence-corrected chi connectivity index (χ1v) is 8.22. The van der Waals surface area contributed by atoms with E-state index in [0.29, 0.717) is 0 Å².